The minimum atomic E-state index is -3.94. The Morgan fingerprint density at radius 1 is 0.955 bits per heavy atom. The maximum atomic E-state index is 13.3. The van der Waals surface area contributed by atoms with Crippen LogP contribution in [0.5, 0.6) is 0 Å². The molecule has 1 aliphatic heterocycles. The van der Waals surface area contributed by atoms with Crippen molar-refractivity contribution in [3.63, 3.8) is 0 Å². The lowest BCUT2D eigenvalue weighted by atomic mass is 9.92. The van der Waals surface area contributed by atoms with Gasteiger partial charge >= 0.3 is 0 Å². The standard InChI is InChI=1S/C32H31ClN6O4S/c1-38-13-15-39(16-14-38)32(41)19-5-10-24-28(17-19)36-30-25(31(35)40)12-11-23(29(24)30)22-3-2-4-27(26(22)18-34)37-44(42,43)21-8-6-20(33)7-9-21/h2-12,17,36-37H,13-16,18,34H2,1H3,(H2,35,40). The first-order valence-corrected chi connectivity index (χ1v) is 15.9. The molecule has 1 aliphatic rings. The second kappa shape index (κ2) is 11.6. The van der Waals surface area contributed by atoms with Crippen molar-refractivity contribution >= 4 is 60.9 Å². The number of hydrogen-bond acceptors (Lipinski definition) is 6. The average Bonchev–Trinajstić information content (AvgIpc) is 3.39. The fourth-order valence-electron chi connectivity index (χ4n) is 5.74. The number of benzene rings is 4. The van der Waals surface area contributed by atoms with Crippen molar-refractivity contribution in [3.8, 4) is 11.1 Å². The van der Waals surface area contributed by atoms with Crippen molar-refractivity contribution < 1.29 is 18.0 Å². The number of amides is 2. The molecule has 1 aromatic heterocycles. The summed E-state index contributed by atoms with van der Waals surface area (Å²) in [5.74, 6) is -0.662. The van der Waals surface area contributed by atoms with Crippen molar-refractivity contribution in [1.29, 1.82) is 0 Å². The number of nitrogens with zero attached hydrogens (tertiary/aromatic N) is 2. The number of sulfonamides is 1. The van der Waals surface area contributed by atoms with Crippen LogP contribution in [-0.4, -0.2) is 68.2 Å². The molecule has 1 saturated heterocycles. The Morgan fingerprint density at radius 3 is 2.36 bits per heavy atom. The van der Waals surface area contributed by atoms with Crippen molar-refractivity contribution in [1.82, 2.24) is 14.8 Å². The average molecular weight is 631 g/mol. The van der Waals surface area contributed by atoms with E-state index in [0.717, 1.165) is 24.0 Å². The van der Waals surface area contributed by atoms with Crippen LogP contribution in [0.1, 0.15) is 26.3 Å². The largest absolute Gasteiger partial charge is 0.366 e. The molecule has 10 nitrogen and oxygen atoms in total. The van der Waals surface area contributed by atoms with Crippen LogP contribution in [0.3, 0.4) is 0 Å². The number of nitrogens with two attached hydrogens (primary N) is 2. The van der Waals surface area contributed by atoms with E-state index >= 15 is 0 Å². The molecule has 0 atom stereocenters. The number of carbonyl (C=O) groups excluding carboxylic acids is 2. The molecular formula is C32H31ClN6O4S. The topological polar surface area (TPSA) is 155 Å². The summed E-state index contributed by atoms with van der Waals surface area (Å²) >= 11 is 5.95. The first-order chi connectivity index (χ1) is 21.1. The summed E-state index contributed by atoms with van der Waals surface area (Å²) in [6.45, 7) is 2.94. The zero-order valence-corrected chi connectivity index (χ0v) is 25.5. The predicted molar refractivity (Wildman–Crippen MR) is 173 cm³/mol. The number of nitrogens with one attached hydrogen (secondary N) is 2. The van der Waals surface area contributed by atoms with Crippen LogP contribution in [0.25, 0.3) is 32.9 Å². The number of rotatable bonds is 7. The summed E-state index contributed by atoms with van der Waals surface area (Å²) in [6.07, 6.45) is 0. The lowest BCUT2D eigenvalue weighted by Gasteiger charge is -2.32. The molecule has 226 valence electrons. The Balaban J connectivity index is 1.47. The third-order valence-corrected chi connectivity index (χ3v) is 9.73. The first-order valence-electron chi connectivity index (χ1n) is 14.0. The van der Waals surface area contributed by atoms with E-state index in [1.54, 1.807) is 36.4 Å². The van der Waals surface area contributed by atoms with Gasteiger partial charge in [-0.15, -0.1) is 0 Å². The number of aromatic nitrogens is 1. The molecular weight excluding hydrogens is 600 g/mol. The van der Waals surface area contributed by atoms with Gasteiger partial charge in [0.15, 0.2) is 0 Å². The Hall–Kier alpha value is -4.42. The molecule has 1 fully saturated rings. The highest BCUT2D eigenvalue weighted by atomic mass is 35.5. The van der Waals surface area contributed by atoms with Gasteiger partial charge in [0.05, 0.1) is 21.7 Å². The second-order valence-corrected chi connectivity index (χ2v) is 13.0. The number of aromatic amines is 1. The van der Waals surface area contributed by atoms with Gasteiger partial charge in [-0.3, -0.25) is 14.3 Å². The maximum absolute atomic E-state index is 13.3. The van der Waals surface area contributed by atoms with Crippen LogP contribution in [0.4, 0.5) is 5.69 Å². The summed E-state index contributed by atoms with van der Waals surface area (Å²) in [6, 6.07) is 20.0. The number of piperazine rings is 1. The molecule has 6 rings (SSSR count). The maximum Gasteiger partial charge on any atom is 0.261 e. The van der Waals surface area contributed by atoms with Crippen molar-refractivity contribution in [2.24, 2.45) is 11.5 Å². The van der Waals surface area contributed by atoms with Crippen LogP contribution in [0.15, 0.2) is 77.7 Å². The lowest BCUT2D eigenvalue weighted by molar-refractivity contribution is 0.0664. The number of H-pyrrole nitrogens is 1. The first kappa shape index (κ1) is 29.6. The fraction of sp³-hybridized carbons (Fsp3) is 0.188. The zero-order valence-electron chi connectivity index (χ0n) is 23.9. The minimum Gasteiger partial charge on any atom is -0.366 e. The van der Waals surface area contributed by atoms with Gasteiger partial charge in [0, 0.05) is 59.6 Å². The molecule has 0 radical (unpaired) electrons. The third-order valence-electron chi connectivity index (χ3n) is 8.10. The van der Waals surface area contributed by atoms with E-state index in [2.05, 4.69) is 14.6 Å². The van der Waals surface area contributed by atoms with Gasteiger partial charge in [-0.05, 0) is 72.3 Å². The van der Waals surface area contributed by atoms with E-state index in [9.17, 15) is 18.0 Å². The summed E-state index contributed by atoms with van der Waals surface area (Å²) in [5, 5.41) is 1.91. The summed E-state index contributed by atoms with van der Waals surface area (Å²) in [4.78, 5) is 33.2. The van der Waals surface area contributed by atoms with E-state index < -0.39 is 15.9 Å². The molecule has 44 heavy (non-hydrogen) atoms. The van der Waals surface area contributed by atoms with Crippen molar-refractivity contribution in [2.45, 2.75) is 11.4 Å². The highest BCUT2D eigenvalue weighted by molar-refractivity contribution is 7.92. The van der Waals surface area contributed by atoms with E-state index in [0.29, 0.717) is 62.5 Å². The van der Waals surface area contributed by atoms with Crippen LogP contribution >= 0.6 is 11.6 Å². The van der Waals surface area contributed by atoms with E-state index in [1.807, 2.05) is 24.1 Å². The number of primary amides is 1. The SMILES string of the molecule is CN1CCN(C(=O)c2ccc3c(c2)[nH]c2c(C(N)=O)ccc(-c4cccc(NS(=O)(=O)c5ccc(Cl)cc5)c4CN)c23)CC1. The van der Waals surface area contributed by atoms with Gasteiger partial charge in [0.2, 0.25) is 0 Å². The molecule has 0 unspecified atom stereocenters. The molecule has 0 aliphatic carbocycles. The minimum absolute atomic E-state index is 0.0275. The Morgan fingerprint density at radius 2 is 1.68 bits per heavy atom. The number of likely N-dealkylation sites (N-methyl/N-ethyl adjacent to an activating group) is 1. The summed E-state index contributed by atoms with van der Waals surface area (Å²) < 4.78 is 29.1. The number of hydrogen-bond donors (Lipinski definition) is 4. The number of carbonyl (C=O) groups is 2. The van der Waals surface area contributed by atoms with Gasteiger partial charge in [-0.1, -0.05) is 35.9 Å². The zero-order chi connectivity index (χ0) is 31.2. The van der Waals surface area contributed by atoms with Gasteiger partial charge in [-0.25, -0.2) is 8.42 Å². The smallest absolute Gasteiger partial charge is 0.261 e. The van der Waals surface area contributed by atoms with Crippen LogP contribution in [0.2, 0.25) is 5.02 Å². The molecule has 12 heteroatoms. The van der Waals surface area contributed by atoms with Gasteiger partial charge < -0.3 is 26.3 Å². The van der Waals surface area contributed by atoms with Gasteiger partial charge in [0.1, 0.15) is 0 Å². The van der Waals surface area contributed by atoms with Crippen LogP contribution < -0.4 is 16.2 Å². The Bertz CT molecular complexity index is 2030. The van der Waals surface area contributed by atoms with Gasteiger partial charge in [0.25, 0.3) is 21.8 Å². The van der Waals surface area contributed by atoms with Crippen molar-refractivity contribution in [3.05, 3.63) is 94.5 Å². The molecule has 0 saturated carbocycles. The Kier molecular flexibility index (Phi) is 7.80. The molecule has 0 bridgehead atoms. The quantitative estimate of drug-likeness (QED) is 0.209. The van der Waals surface area contributed by atoms with Crippen LogP contribution in [0, 0.1) is 0 Å². The van der Waals surface area contributed by atoms with Crippen molar-refractivity contribution in [2.75, 3.05) is 37.9 Å². The molecule has 0 spiro atoms. The van der Waals surface area contributed by atoms with Gasteiger partial charge in [-0.2, -0.15) is 0 Å². The number of anilines is 1. The number of halogens is 1. The predicted octanol–water partition coefficient (Wildman–Crippen LogP) is 4.39. The second-order valence-electron chi connectivity index (χ2n) is 10.9. The molecule has 6 N–H and O–H groups in total. The third kappa shape index (κ3) is 5.39. The van der Waals surface area contributed by atoms with E-state index in [-0.39, 0.29) is 17.3 Å². The van der Waals surface area contributed by atoms with E-state index in [1.165, 1.54) is 24.3 Å². The van der Waals surface area contributed by atoms with E-state index in [4.69, 9.17) is 23.1 Å². The normalized spacial score (nSPS) is 14.3. The molecule has 2 amide bonds. The summed E-state index contributed by atoms with van der Waals surface area (Å²) in [7, 11) is -1.91. The fourth-order valence-corrected chi connectivity index (χ4v) is 6.96. The monoisotopic (exact) mass is 630 g/mol. The van der Waals surface area contributed by atoms with Crippen LogP contribution in [-0.2, 0) is 16.6 Å². The highest BCUT2D eigenvalue weighted by Gasteiger charge is 2.24. The summed E-state index contributed by atoms with van der Waals surface area (Å²) in [5.41, 5.74) is 16.3. The Labute approximate surface area is 259 Å². The molecule has 4 aromatic carbocycles. The highest BCUT2D eigenvalue weighted by Crippen LogP contribution is 2.40. The lowest BCUT2D eigenvalue weighted by Crippen LogP contribution is -2.47. The molecule has 5 aromatic rings. The number of fused-ring (bicyclic) bond motifs is 3. The molecule has 2 heterocycles.